The summed E-state index contributed by atoms with van der Waals surface area (Å²) in [4.78, 5) is 39.1. The average Bonchev–Trinajstić information content (AvgIpc) is 2.70. The van der Waals surface area contributed by atoms with E-state index in [-0.39, 0.29) is 36.8 Å². The number of ether oxygens (including phenoxy) is 1. The van der Waals surface area contributed by atoms with E-state index in [0.717, 1.165) is 37.8 Å². The number of rotatable bonds is 8. The van der Waals surface area contributed by atoms with E-state index in [9.17, 15) is 14.4 Å². The Labute approximate surface area is 167 Å². The minimum atomic E-state index is -0.771. The van der Waals surface area contributed by atoms with Crippen LogP contribution in [0.4, 0.5) is 0 Å². The number of benzene rings is 1. The fraction of sp³-hybridized carbons (Fsp3) is 0.591. The van der Waals surface area contributed by atoms with Crippen LogP contribution in [-0.2, 0) is 25.5 Å². The maximum absolute atomic E-state index is 12.5. The Morgan fingerprint density at radius 1 is 1.18 bits per heavy atom. The van der Waals surface area contributed by atoms with Crippen LogP contribution < -0.4 is 5.32 Å². The maximum atomic E-state index is 12.5. The number of likely N-dealkylation sites (tertiary alicyclic amines) is 1. The standard InChI is InChI=1S/C22H32N2O4/c1-4-18-12-8-9-13-24(18)20(26)15-28-22(27)21(16(2)3)23-19(25)14-17-10-6-5-7-11-17/h5-7,10-11,16,18,21H,4,8-9,12-15H2,1-3H3,(H,23,25)/t18-,21-/m0/s1. The smallest absolute Gasteiger partial charge is 0.329 e. The molecular formula is C22H32N2O4. The molecule has 1 N–H and O–H groups in total. The quantitative estimate of drug-likeness (QED) is 0.695. The Balaban J connectivity index is 1.88. The molecule has 1 aromatic rings. The van der Waals surface area contributed by atoms with Crippen LogP contribution in [0.25, 0.3) is 0 Å². The van der Waals surface area contributed by atoms with Crippen LogP contribution in [0, 0.1) is 5.92 Å². The molecule has 1 aliphatic rings. The molecule has 0 saturated carbocycles. The van der Waals surface area contributed by atoms with E-state index in [1.165, 1.54) is 0 Å². The lowest BCUT2D eigenvalue weighted by Gasteiger charge is -2.35. The summed E-state index contributed by atoms with van der Waals surface area (Å²) in [6.07, 6.45) is 4.22. The summed E-state index contributed by atoms with van der Waals surface area (Å²) in [5, 5.41) is 2.75. The van der Waals surface area contributed by atoms with Crippen molar-refractivity contribution in [2.45, 2.75) is 65.0 Å². The molecule has 1 saturated heterocycles. The molecule has 0 aliphatic carbocycles. The van der Waals surface area contributed by atoms with Crippen molar-refractivity contribution in [1.82, 2.24) is 10.2 Å². The second-order valence-electron chi connectivity index (χ2n) is 7.70. The van der Waals surface area contributed by atoms with E-state index >= 15 is 0 Å². The minimum Gasteiger partial charge on any atom is -0.454 e. The van der Waals surface area contributed by atoms with Gasteiger partial charge in [-0.2, -0.15) is 0 Å². The summed E-state index contributed by atoms with van der Waals surface area (Å²) in [5.41, 5.74) is 0.877. The number of hydrogen-bond acceptors (Lipinski definition) is 4. The van der Waals surface area contributed by atoms with Crippen LogP contribution in [0.5, 0.6) is 0 Å². The Hall–Kier alpha value is -2.37. The first-order valence-corrected chi connectivity index (χ1v) is 10.2. The molecule has 6 heteroatoms. The SMILES string of the molecule is CC[C@H]1CCCCN1C(=O)COC(=O)[C@@H](NC(=O)Cc1ccccc1)C(C)C. The number of carbonyl (C=O) groups excluding carboxylic acids is 3. The van der Waals surface area contributed by atoms with Crippen molar-refractivity contribution in [2.75, 3.05) is 13.2 Å². The monoisotopic (exact) mass is 388 g/mol. The lowest BCUT2D eigenvalue weighted by molar-refractivity contribution is -0.156. The van der Waals surface area contributed by atoms with Gasteiger partial charge >= 0.3 is 5.97 Å². The van der Waals surface area contributed by atoms with Crippen LogP contribution in [0.2, 0.25) is 0 Å². The number of hydrogen-bond donors (Lipinski definition) is 1. The van der Waals surface area contributed by atoms with E-state index in [1.807, 2.05) is 49.1 Å². The fourth-order valence-electron chi connectivity index (χ4n) is 3.56. The Morgan fingerprint density at radius 2 is 1.89 bits per heavy atom. The molecule has 154 valence electrons. The van der Waals surface area contributed by atoms with Crippen molar-refractivity contribution in [3.8, 4) is 0 Å². The zero-order chi connectivity index (χ0) is 20.5. The first-order chi connectivity index (χ1) is 13.4. The molecule has 1 aliphatic heterocycles. The summed E-state index contributed by atoms with van der Waals surface area (Å²) < 4.78 is 5.28. The van der Waals surface area contributed by atoms with Gasteiger partial charge in [0.05, 0.1) is 6.42 Å². The Bertz CT molecular complexity index is 660. The van der Waals surface area contributed by atoms with Gasteiger partial charge in [-0.1, -0.05) is 51.1 Å². The van der Waals surface area contributed by atoms with Crippen LogP contribution in [0.3, 0.4) is 0 Å². The van der Waals surface area contributed by atoms with Crippen LogP contribution >= 0.6 is 0 Å². The molecule has 1 fully saturated rings. The molecule has 0 spiro atoms. The van der Waals surface area contributed by atoms with Gasteiger partial charge in [0.25, 0.3) is 5.91 Å². The number of amides is 2. The minimum absolute atomic E-state index is 0.138. The van der Waals surface area contributed by atoms with Gasteiger partial charge in [0.2, 0.25) is 5.91 Å². The molecule has 0 unspecified atom stereocenters. The molecule has 28 heavy (non-hydrogen) atoms. The van der Waals surface area contributed by atoms with Crippen molar-refractivity contribution in [2.24, 2.45) is 5.92 Å². The van der Waals surface area contributed by atoms with Gasteiger partial charge in [-0.15, -0.1) is 0 Å². The first kappa shape index (κ1) is 21.9. The van der Waals surface area contributed by atoms with E-state index in [1.54, 1.807) is 0 Å². The molecule has 6 nitrogen and oxygen atoms in total. The van der Waals surface area contributed by atoms with Crippen LogP contribution in [0.1, 0.15) is 52.0 Å². The third kappa shape index (κ3) is 6.36. The third-order valence-electron chi connectivity index (χ3n) is 5.20. The second-order valence-corrected chi connectivity index (χ2v) is 7.70. The Kier molecular flexibility index (Phi) is 8.48. The third-order valence-corrected chi connectivity index (χ3v) is 5.20. The predicted molar refractivity (Wildman–Crippen MR) is 108 cm³/mol. The molecule has 2 rings (SSSR count). The molecule has 2 atom stereocenters. The zero-order valence-corrected chi connectivity index (χ0v) is 17.1. The van der Waals surface area contributed by atoms with Gasteiger partial charge in [0.1, 0.15) is 6.04 Å². The van der Waals surface area contributed by atoms with Gasteiger partial charge in [-0.3, -0.25) is 9.59 Å². The summed E-state index contributed by atoms with van der Waals surface area (Å²) >= 11 is 0. The van der Waals surface area contributed by atoms with E-state index in [2.05, 4.69) is 12.2 Å². The van der Waals surface area contributed by atoms with Gasteiger partial charge < -0.3 is 15.0 Å². The normalized spacial score (nSPS) is 17.9. The van der Waals surface area contributed by atoms with Crippen LogP contribution in [0.15, 0.2) is 30.3 Å². The number of piperidine rings is 1. The topological polar surface area (TPSA) is 75.7 Å². The highest BCUT2D eigenvalue weighted by molar-refractivity contribution is 5.87. The zero-order valence-electron chi connectivity index (χ0n) is 17.1. The number of esters is 1. The molecule has 1 heterocycles. The van der Waals surface area contributed by atoms with Crippen molar-refractivity contribution in [3.05, 3.63) is 35.9 Å². The summed E-state index contributed by atoms with van der Waals surface area (Å²) in [7, 11) is 0. The highest BCUT2D eigenvalue weighted by Gasteiger charge is 2.29. The first-order valence-electron chi connectivity index (χ1n) is 10.2. The summed E-state index contributed by atoms with van der Waals surface area (Å²) in [6.45, 7) is 6.20. The molecule has 1 aromatic carbocycles. The van der Waals surface area contributed by atoms with Gasteiger partial charge in [0.15, 0.2) is 6.61 Å². The maximum Gasteiger partial charge on any atom is 0.329 e. The highest BCUT2D eigenvalue weighted by Crippen LogP contribution is 2.19. The Morgan fingerprint density at radius 3 is 2.54 bits per heavy atom. The lowest BCUT2D eigenvalue weighted by atomic mass is 10.00. The van der Waals surface area contributed by atoms with Gasteiger partial charge in [-0.25, -0.2) is 4.79 Å². The van der Waals surface area contributed by atoms with Crippen LogP contribution in [-0.4, -0.2) is 47.9 Å². The number of nitrogens with one attached hydrogen (secondary N) is 1. The molecule has 0 aromatic heterocycles. The van der Waals surface area contributed by atoms with Gasteiger partial charge in [-0.05, 0) is 37.2 Å². The second kappa shape index (κ2) is 10.8. The number of nitrogens with zero attached hydrogens (tertiary/aromatic N) is 1. The predicted octanol–water partition coefficient (Wildman–Crippen LogP) is 2.70. The van der Waals surface area contributed by atoms with Gasteiger partial charge in [0, 0.05) is 12.6 Å². The van der Waals surface area contributed by atoms with Crippen molar-refractivity contribution < 1.29 is 19.1 Å². The fourth-order valence-corrected chi connectivity index (χ4v) is 3.56. The molecule has 2 amide bonds. The average molecular weight is 389 g/mol. The summed E-state index contributed by atoms with van der Waals surface area (Å²) in [6, 6.07) is 8.81. The molecule has 0 bridgehead atoms. The molecular weight excluding hydrogens is 356 g/mol. The van der Waals surface area contributed by atoms with E-state index in [4.69, 9.17) is 4.74 Å². The van der Waals surface area contributed by atoms with E-state index < -0.39 is 12.0 Å². The van der Waals surface area contributed by atoms with E-state index in [0.29, 0.717) is 0 Å². The molecule has 0 radical (unpaired) electrons. The largest absolute Gasteiger partial charge is 0.454 e. The highest BCUT2D eigenvalue weighted by atomic mass is 16.5. The van der Waals surface area contributed by atoms with Crippen molar-refractivity contribution in [3.63, 3.8) is 0 Å². The lowest BCUT2D eigenvalue weighted by Crippen LogP contribution is -2.48. The van der Waals surface area contributed by atoms with Crippen molar-refractivity contribution in [1.29, 1.82) is 0 Å². The summed E-state index contributed by atoms with van der Waals surface area (Å²) in [5.74, 6) is -1.09. The van der Waals surface area contributed by atoms with Crippen molar-refractivity contribution >= 4 is 17.8 Å². The number of carbonyl (C=O) groups is 3.